The Morgan fingerprint density at radius 1 is 1.10 bits per heavy atom. The number of hydrogen-bond acceptors (Lipinski definition) is 3. The first kappa shape index (κ1) is 14.5. The summed E-state index contributed by atoms with van der Waals surface area (Å²) in [6.07, 6.45) is 1.86. The van der Waals surface area contributed by atoms with Crippen LogP contribution in [-0.2, 0) is 6.54 Å². The van der Waals surface area contributed by atoms with E-state index in [1.165, 1.54) is 5.69 Å². The molecule has 0 aliphatic rings. The average molecular weight is 269 g/mol. The quantitative estimate of drug-likeness (QED) is 0.835. The second-order valence-electron chi connectivity index (χ2n) is 4.98. The van der Waals surface area contributed by atoms with Gasteiger partial charge in [-0.05, 0) is 37.7 Å². The third-order valence-electron chi connectivity index (χ3n) is 3.50. The van der Waals surface area contributed by atoms with Crippen LogP contribution in [0.1, 0.15) is 19.5 Å². The first-order valence-corrected chi connectivity index (χ1v) is 7.22. The van der Waals surface area contributed by atoms with E-state index in [4.69, 9.17) is 0 Å². The molecule has 106 valence electrons. The lowest BCUT2D eigenvalue weighted by Crippen LogP contribution is -2.37. The van der Waals surface area contributed by atoms with Crippen molar-refractivity contribution in [2.45, 2.75) is 26.4 Å². The minimum atomic E-state index is 0.460. The number of hydrogen-bond donors (Lipinski definition) is 1. The van der Waals surface area contributed by atoms with Crippen molar-refractivity contribution in [2.24, 2.45) is 0 Å². The van der Waals surface area contributed by atoms with Gasteiger partial charge in [0.1, 0.15) is 0 Å². The molecule has 3 nitrogen and oxygen atoms in total. The molecule has 0 saturated carbocycles. The van der Waals surface area contributed by atoms with Gasteiger partial charge in [-0.3, -0.25) is 9.88 Å². The zero-order valence-electron chi connectivity index (χ0n) is 12.3. The topological polar surface area (TPSA) is 28.2 Å². The highest BCUT2D eigenvalue weighted by molar-refractivity contribution is 5.42. The van der Waals surface area contributed by atoms with Crippen LogP contribution in [0.5, 0.6) is 0 Å². The standard InChI is InChI=1S/C17H23N3/c1-3-20(14-17-11-7-8-12-18-17)15(2)13-19-16-9-5-4-6-10-16/h4-12,15,19H,3,13-14H2,1-2H3. The van der Waals surface area contributed by atoms with Gasteiger partial charge < -0.3 is 5.32 Å². The summed E-state index contributed by atoms with van der Waals surface area (Å²) in [5.41, 5.74) is 2.30. The molecule has 1 atom stereocenters. The van der Waals surface area contributed by atoms with Crippen molar-refractivity contribution in [3.63, 3.8) is 0 Å². The third-order valence-corrected chi connectivity index (χ3v) is 3.50. The van der Waals surface area contributed by atoms with E-state index >= 15 is 0 Å². The van der Waals surface area contributed by atoms with E-state index < -0.39 is 0 Å². The number of para-hydroxylation sites is 1. The van der Waals surface area contributed by atoms with Crippen LogP contribution in [0.3, 0.4) is 0 Å². The fourth-order valence-corrected chi connectivity index (χ4v) is 2.23. The predicted octanol–water partition coefficient (Wildman–Crippen LogP) is 3.40. The number of pyridine rings is 1. The molecule has 2 aromatic rings. The van der Waals surface area contributed by atoms with Gasteiger partial charge in [-0.1, -0.05) is 31.2 Å². The van der Waals surface area contributed by atoms with Gasteiger partial charge in [-0.2, -0.15) is 0 Å². The van der Waals surface area contributed by atoms with Gasteiger partial charge in [0.2, 0.25) is 0 Å². The first-order valence-electron chi connectivity index (χ1n) is 7.22. The van der Waals surface area contributed by atoms with Gasteiger partial charge >= 0.3 is 0 Å². The molecule has 0 spiro atoms. The summed E-state index contributed by atoms with van der Waals surface area (Å²) in [7, 11) is 0. The van der Waals surface area contributed by atoms with Crippen LogP contribution in [0, 0.1) is 0 Å². The molecule has 0 amide bonds. The van der Waals surface area contributed by atoms with Crippen molar-refractivity contribution >= 4 is 5.69 Å². The zero-order valence-corrected chi connectivity index (χ0v) is 12.3. The summed E-state index contributed by atoms with van der Waals surface area (Å²) in [6.45, 7) is 7.30. The smallest absolute Gasteiger partial charge is 0.0544 e. The fourth-order valence-electron chi connectivity index (χ4n) is 2.23. The van der Waals surface area contributed by atoms with Crippen molar-refractivity contribution in [3.05, 3.63) is 60.4 Å². The summed E-state index contributed by atoms with van der Waals surface area (Å²) < 4.78 is 0. The molecule has 0 fully saturated rings. The van der Waals surface area contributed by atoms with Gasteiger partial charge in [0.15, 0.2) is 0 Å². The van der Waals surface area contributed by atoms with E-state index in [1.54, 1.807) is 0 Å². The van der Waals surface area contributed by atoms with Crippen molar-refractivity contribution in [1.82, 2.24) is 9.88 Å². The highest BCUT2D eigenvalue weighted by Gasteiger charge is 2.12. The Morgan fingerprint density at radius 3 is 2.50 bits per heavy atom. The lowest BCUT2D eigenvalue weighted by Gasteiger charge is -2.28. The molecule has 1 aromatic heterocycles. The molecule has 20 heavy (non-hydrogen) atoms. The molecule has 0 saturated heterocycles. The Balaban J connectivity index is 1.87. The van der Waals surface area contributed by atoms with E-state index in [1.807, 2.05) is 24.4 Å². The minimum absolute atomic E-state index is 0.460. The molecule has 1 N–H and O–H groups in total. The lowest BCUT2D eigenvalue weighted by molar-refractivity contribution is 0.217. The molecule has 1 heterocycles. The van der Waals surface area contributed by atoms with Gasteiger partial charge in [-0.15, -0.1) is 0 Å². The Labute approximate surface area is 121 Å². The Bertz CT molecular complexity index is 484. The first-order chi connectivity index (χ1) is 9.79. The second kappa shape index (κ2) is 7.65. The van der Waals surface area contributed by atoms with Crippen LogP contribution < -0.4 is 5.32 Å². The maximum absolute atomic E-state index is 4.41. The molecule has 2 rings (SSSR count). The normalized spacial score (nSPS) is 12.3. The highest BCUT2D eigenvalue weighted by Crippen LogP contribution is 2.09. The van der Waals surface area contributed by atoms with Crippen LogP contribution in [0.25, 0.3) is 0 Å². The summed E-state index contributed by atoms with van der Waals surface area (Å²) in [5.74, 6) is 0. The summed E-state index contributed by atoms with van der Waals surface area (Å²) in [4.78, 5) is 6.83. The number of nitrogens with zero attached hydrogens (tertiary/aromatic N) is 2. The molecule has 0 bridgehead atoms. The SMILES string of the molecule is CCN(Cc1ccccn1)C(C)CNc1ccccc1. The monoisotopic (exact) mass is 269 g/mol. The molecule has 0 aliphatic carbocycles. The van der Waals surface area contributed by atoms with Crippen LogP contribution in [0.2, 0.25) is 0 Å². The molecule has 1 aromatic carbocycles. The summed E-state index contributed by atoms with van der Waals surface area (Å²) >= 11 is 0. The maximum atomic E-state index is 4.41. The highest BCUT2D eigenvalue weighted by atomic mass is 15.2. The molecular formula is C17H23N3. The van der Waals surface area contributed by atoms with Crippen LogP contribution >= 0.6 is 0 Å². The van der Waals surface area contributed by atoms with E-state index in [9.17, 15) is 0 Å². The summed E-state index contributed by atoms with van der Waals surface area (Å²) in [5, 5.41) is 3.48. The molecule has 1 unspecified atom stereocenters. The van der Waals surface area contributed by atoms with Crippen LogP contribution in [0.15, 0.2) is 54.7 Å². The van der Waals surface area contributed by atoms with Crippen molar-refractivity contribution in [3.8, 4) is 0 Å². The molecule has 3 heteroatoms. The largest absolute Gasteiger partial charge is 0.383 e. The Morgan fingerprint density at radius 2 is 1.85 bits per heavy atom. The Hall–Kier alpha value is -1.87. The summed E-state index contributed by atoms with van der Waals surface area (Å²) in [6, 6.07) is 16.9. The number of rotatable bonds is 7. The second-order valence-corrected chi connectivity index (χ2v) is 4.98. The average Bonchev–Trinajstić information content (AvgIpc) is 2.52. The van der Waals surface area contributed by atoms with Gasteiger partial charge in [0.25, 0.3) is 0 Å². The maximum Gasteiger partial charge on any atom is 0.0544 e. The van der Waals surface area contributed by atoms with E-state index in [2.05, 4.69) is 59.4 Å². The van der Waals surface area contributed by atoms with Crippen molar-refractivity contribution < 1.29 is 0 Å². The molecular weight excluding hydrogens is 246 g/mol. The number of nitrogens with one attached hydrogen (secondary N) is 1. The third kappa shape index (κ3) is 4.35. The number of likely N-dealkylation sites (N-methyl/N-ethyl adjacent to an activating group) is 1. The zero-order chi connectivity index (χ0) is 14.2. The minimum Gasteiger partial charge on any atom is -0.383 e. The number of anilines is 1. The van der Waals surface area contributed by atoms with E-state index in [0.29, 0.717) is 6.04 Å². The van der Waals surface area contributed by atoms with E-state index in [-0.39, 0.29) is 0 Å². The van der Waals surface area contributed by atoms with Crippen LogP contribution in [-0.4, -0.2) is 29.0 Å². The predicted molar refractivity (Wildman–Crippen MR) is 84.7 cm³/mol. The fraction of sp³-hybridized carbons (Fsp3) is 0.353. The lowest BCUT2D eigenvalue weighted by atomic mass is 10.2. The molecule has 0 aliphatic heterocycles. The Kier molecular flexibility index (Phi) is 5.56. The van der Waals surface area contributed by atoms with E-state index in [0.717, 1.165) is 25.3 Å². The molecule has 0 radical (unpaired) electrons. The number of benzene rings is 1. The van der Waals surface area contributed by atoms with Crippen LogP contribution in [0.4, 0.5) is 5.69 Å². The van der Waals surface area contributed by atoms with Gasteiger partial charge in [0, 0.05) is 31.0 Å². The van der Waals surface area contributed by atoms with Gasteiger partial charge in [0.05, 0.1) is 5.69 Å². The van der Waals surface area contributed by atoms with Gasteiger partial charge in [-0.25, -0.2) is 0 Å². The van der Waals surface area contributed by atoms with Crippen molar-refractivity contribution in [1.29, 1.82) is 0 Å². The number of aromatic nitrogens is 1. The van der Waals surface area contributed by atoms with Crippen molar-refractivity contribution in [2.75, 3.05) is 18.4 Å².